The zero-order valence-electron chi connectivity index (χ0n) is 9.61. The maximum Gasteiger partial charge on any atom is 0.348 e. The summed E-state index contributed by atoms with van der Waals surface area (Å²) in [5.41, 5.74) is 0.363. The summed E-state index contributed by atoms with van der Waals surface area (Å²) in [4.78, 5) is 14.5. The molecule has 1 aromatic carbocycles. The maximum atomic E-state index is 11.7. The van der Waals surface area contributed by atoms with Crippen LogP contribution in [0.1, 0.15) is 25.6 Å². The van der Waals surface area contributed by atoms with Gasteiger partial charge in [0.2, 0.25) is 0 Å². The second kappa shape index (κ2) is 5.19. The van der Waals surface area contributed by atoms with Crippen LogP contribution in [0.15, 0.2) is 29.1 Å². The minimum absolute atomic E-state index is 0.246. The number of halogens is 1. The first kappa shape index (κ1) is 11.9. The Morgan fingerprint density at radius 3 is 2.88 bits per heavy atom. The van der Waals surface area contributed by atoms with Crippen LogP contribution in [0.2, 0.25) is 5.02 Å². The first-order chi connectivity index (χ1) is 8.22. The number of H-pyrrole nitrogens is 1. The van der Waals surface area contributed by atoms with Gasteiger partial charge < -0.3 is 0 Å². The number of hydrogen-bond donors (Lipinski definition) is 1. The molecule has 0 fully saturated rings. The van der Waals surface area contributed by atoms with Gasteiger partial charge >= 0.3 is 5.69 Å². The summed E-state index contributed by atoms with van der Waals surface area (Å²) < 4.78 is 1.31. The van der Waals surface area contributed by atoms with Crippen molar-refractivity contribution in [1.29, 1.82) is 0 Å². The minimum Gasteiger partial charge on any atom is -0.292 e. The number of aromatic amines is 1. The van der Waals surface area contributed by atoms with Gasteiger partial charge in [-0.3, -0.25) is 4.98 Å². The smallest absolute Gasteiger partial charge is 0.292 e. The summed E-state index contributed by atoms with van der Waals surface area (Å²) in [6.45, 7) is 2.10. The largest absolute Gasteiger partial charge is 0.348 e. The molecule has 2 aromatic rings. The van der Waals surface area contributed by atoms with Gasteiger partial charge in [0.25, 0.3) is 0 Å². The summed E-state index contributed by atoms with van der Waals surface area (Å²) in [7, 11) is 0. The fourth-order valence-corrected chi connectivity index (χ4v) is 1.83. The van der Waals surface area contributed by atoms with E-state index in [0.29, 0.717) is 16.5 Å². The van der Waals surface area contributed by atoms with Crippen molar-refractivity contribution in [2.45, 2.75) is 26.2 Å². The lowest BCUT2D eigenvalue weighted by Crippen LogP contribution is -2.16. The highest BCUT2D eigenvalue weighted by atomic mass is 35.5. The highest BCUT2D eigenvalue weighted by Gasteiger charge is 2.09. The molecule has 1 heterocycles. The van der Waals surface area contributed by atoms with E-state index in [2.05, 4.69) is 17.0 Å². The van der Waals surface area contributed by atoms with Crippen LogP contribution in [0.3, 0.4) is 0 Å². The van der Waals surface area contributed by atoms with Gasteiger partial charge in [-0.2, -0.15) is 9.78 Å². The van der Waals surface area contributed by atoms with E-state index in [1.54, 1.807) is 12.1 Å². The summed E-state index contributed by atoms with van der Waals surface area (Å²) >= 11 is 6.03. The number of nitrogens with one attached hydrogen (secondary N) is 1. The Kier molecular flexibility index (Phi) is 3.64. The minimum atomic E-state index is -0.246. The molecule has 0 bridgehead atoms. The number of hydrogen-bond acceptors (Lipinski definition) is 2. The molecule has 2 rings (SSSR count). The molecular formula is C12H14ClN3O. The Morgan fingerprint density at radius 1 is 1.41 bits per heavy atom. The van der Waals surface area contributed by atoms with Gasteiger partial charge in [-0.1, -0.05) is 37.1 Å². The molecule has 0 saturated carbocycles. The molecule has 0 aliphatic heterocycles. The van der Waals surface area contributed by atoms with E-state index in [-0.39, 0.29) is 5.69 Å². The molecule has 0 atom stereocenters. The van der Waals surface area contributed by atoms with E-state index < -0.39 is 0 Å². The van der Waals surface area contributed by atoms with Gasteiger partial charge in [0.05, 0.1) is 10.7 Å². The molecule has 0 amide bonds. The van der Waals surface area contributed by atoms with Crippen LogP contribution in [0, 0.1) is 0 Å². The van der Waals surface area contributed by atoms with E-state index in [4.69, 9.17) is 11.6 Å². The fourth-order valence-electron chi connectivity index (χ4n) is 1.61. The zero-order valence-corrected chi connectivity index (χ0v) is 10.4. The first-order valence-corrected chi connectivity index (χ1v) is 6.03. The topological polar surface area (TPSA) is 50.7 Å². The van der Waals surface area contributed by atoms with Gasteiger partial charge in [-0.15, -0.1) is 0 Å². The van der Waals surface area contributed by atoms with Gasteiger partial charge in [0, 0.05) is 6.42 Å². The molecule has 5 heteroatoms. The average Bonchev–Trinajstić information content (AvgIpc) is 2.68. The highest BCUT2D eigenvalue weighted by Crippen LogP contribution is 2.17. The van der Waals surface area contributed by atoms with E-state index in [9.17, 15) is 4.79 Å². The van der Waals surface area contributed by atoms with Crippen LogP contribution >= 0.6 is 11.6 Å². The van der Waals surface area contributed by atoms with Crippen molar-refractivity contribution in [3.63, 3.8) is 0 Å². The molecule has 0 saturated heterocycles. The predicted octanol–water partition coefficient (Wildman–Crippen LogP) is 2.56. The number of aryl methyl sites for hydroxylation is 1. The van der Waals surface area contributed by atoms with Crippen LogP contribution in [-0.2, 0) is 6.42 Å². The molecular weight excluding hydrogens is 238 g/mol. The van der Waals surface area contributed by atoms with Crippen LogP contribution in [0.5, 0.6) is 0 Å². The normalized spacial score (nSPS) is 10.7. The number of unbranched alkanes of at least 4 members (excludes halogenated alkanes) is 1. The van der Waals surface area contributed by atoms with Gasteiger partial charge in [-0.25, -0.2) is 4.79 Å². The number of nitrogens with zero attached hydrogens (tertiary/aromatic N) is 2. The van der Waals surface area contributed by atoms with Crippen molar-refractivity contribution in [3.05, 3.63) is 45.6 Å². The molecule has 1 N–H and O–H groups in total. The van der Waals surface area contributed by atoms with Crippen molar-refractivity contribution in [3.8, 4) is 5.69 Å². The molecule has 1 aromatic heterocycles. The first-order valence-electron chi connectivity index (χ1n) is 5.65. The maximum absolute atomic E-state index is 11.7. The lowest BCUT2D eigenvalue weighted by molar-refractivity contribution is 0.740. The molecule has 90 valence electrons. The third kappa shape index (κ3) is 2.58. The summed E-state index contributed by atoms with van der Waals surface area (Å²) in [6.07, 6.45) is 2.86. The molecule has 0 unspecified atom stereocenters. The third-order valence-electron chi connectivity index (χ3n) is 2.51. The standard InChI is InChI=1S/C12H14ClN3O/c1-2-3-8-11-14-12(17)16(15-11)10-7-5-4-6-9(10)13/h4-7H,2-3,8H2,1H3,(H,14,15,17). The van der Waals surface area contributed by atoms with E-state index >= 15 is 0 Å². The Balaban J connectivity index is 2.37. The summed E-state index contributed by atoms with van der Waals surface area (Å²) in [6, 6.07) is 7.16. The van der Waals surface area contributed by atoms with Crippen molar-refractivity contribution >= 4 is 11.6 Å². The number of para-hydroxylation sites is 1. The Morgan fingerprint density at radius 2 is 2.18 bits per heavy atom. The van der Waals surface area contributed by atoms with Gasteiger partial charge in [0.15, 0.2) is 0 Å². The van der Waals surface area contributed by atoms with Crippen LogP contribution in [0.25, 0.3) is 5.69 Å². The van der Waals surface area contributed by atoms with Crippen LogP contribution in [-0.4, -0.2) is 14.8 Å². The Bertz CT molecular complexity index is 559. The highest BCUT2D eigenvalue weighted by molar-refractivity contribution is 6.32. The zero-order chi connectivity index (χ0) is 12.3. The van der Waals surface area contributed by atoms with Crippen molar-refractivity contribution in [2.75, 3.05) is 0 Å². The molecule has 4 nitrogen and oxygen atoms in total. The number of rotatable bonds is 4. The van der Waals surface area contributed by atoms with E-state index in [1.165, 1.54) is 4.68 Å². The van der Waals surface area contributed by atoms with Gasteiger partial charge in [-0.05, 0) is 18.6 Å². The van der Waals surface area contributed by atoms with Crippen molar-refractivity contribution in [2.24, 2.45) is 0 Å². The molecule has 0 aliphatic carbocycles. The molecule has 17 heavy (non-hydrogen) atoms. The Hall–Kier alpha value is -1.55. The van der Waals surface area contributed by atoms with E-state index in [0.717, 1.165) is 19.3 Å². The SMILES string of the molecule is CCCCc1nn(-c2ccccc2Cl)c(=O)[nH]1. The summed E-state index contributed by atoms with van der Waals surface area (Å²) in [5, 5.41) is 4.76. The molecule has 0 spiro atoms. The second-order valence-electron chi connectivity index (χ2n) is 3.84. The molecule has 0 radical (unpaired) electrons. The monoisotopic (exact) mass is 251 g/mol. The summed E-state index contributed by atoms with van der Waals surface area (Å²) in [5.74, 6) is 0.705. The van der Waals surface area contributed by atoms with Gasteiger partial charge in [0.1, 0.15) is 5.82 Å². The quantitative estimate of drug-likeness (QED) is 0.908. The van der Waals surface area contributed by atoms with E-state index in [1.807, 2.05) is 12.1 Å². The third-order valence-corrected chi connectivity index (χ3v) is 2.83. The fraction of sp³-hybridized carbons (Fsp3) is 0.333. The predicted molar refractivity (Wildman–Crippen MR) is 67.8 cm³/mol. The average molecular weight is 252 g/mol. The van der Waals surface area contributed by atoms with Crippen molar-refractivity contribution < 1.29 is 0 Å². The van der Waals surface area contributed by atoms with Crippen LogP contribution < -0.4 is 5.69 Å². The number of aromatic nitrogens is 3. The second-order valence-corrected chi connectivity index (χ2v) is 4.25. The molecule has 0 aliphatic rings. The number of benzene rings is 1. The lowest BCUT2D eigenvalue weighted by atomic mass is 10.2. The lowest BCUT2D eigenvalue weighted by Gasteiger charge is -2.00. The van der Waals surface area contributed by atoms with Crippen LogP contribution in [0.4, 0.5) is 0 Å². The Labute approximate surface area is 104 Å². The van der Waals surface area contributed by atoms with Crippen molar-refractivity contribution in [1.82, 2.24) is 14.8 Å².